The van der Waals surface area contributed by atoms with E-state index in [0.29, 0.717) is 0 Å². The van der Waals surface area contributed by atoms with Crippen molar-refractivity contribution in [3.05, 3.63) is 33.9 Å². The van der Waals surface area contributed by atoms with E-state index < -0.39 is 35.8 Å². The molecule has 0 amide bonds. The molecule has 0 spiro atoms. The smallest absolute Gasteiger partial charge is 0.313 e. The molecule has 150 valence electrons. The average molecular weight is 428 g/mol. The number of oxime groups is 1. The highest BCUT2D eigenvalue weighted by molar-refractivity contribution is 7.91. The van der Waals surface area contributed by atoms with Crippen molar-refractivity contribution in [1.82, 2.24) is 14.9 Å². The van der Waals surface area contributed by atoms with E-state index in [1.54, 1.807) is 0 Å². The number of hydrogen-bond acceptors (Lipinski definition) is 10. The Labute approximate surface area is 160 Å². The lowest BCUT2D eigenvalue weighted by molar-refractivity contribution is 0.162. The fraction of sp³-hybridized carbons (Fsp3) is 0.333. The van der Waals surface area contributed by atoms with Gasteiger partial charge in [-0.2, -0.15) is 0 Å². The summed E-state index contributed by atoms with van der Waals surface area (Å²) in [6.07, 6.45) is 1.98. The quantitative estimate of drug-likeness (QED) is 0.650. The highest BCUT2D eigenvalue weighted by Gasteiger charge is 2.32. The first-order chi connectivity index (χ1) is 12.9. The molecule has 0 saturated carbocycles. The highest BCUT2D eigenvalue weighted by Crippen LogP contribution is 2.34. The second-order valence-electron chi connectivity index (χ2n) is 6.19. The van der Waals surface area contributed by atoms with Crippen molar-refractivity contribution in [2.75, 3.05) is 19.1 Å². The number of sulfone groups is 2. The Morgan fingerprint density at radius 1 is 1.11 bits per heavy atom. The number of benzene rings is 1. The first-order valence-corrected chi connectivity index (χ1v) is 11.6. The van der Waals surface area contributed by atoms with Crippen LogP contribution in [0.4, 0.5) is 0 Å². The molecular weight excluding hydrogens is 412 g/mol. The van der Waals surface area contributed by atoms with Crippen LogP contribution >= 0.6 is 0 Å². The van der Waals surface area contributed by atoms with Gasteiger partial charge in [-0.1, -0.05) is 5.16 Å². The van der Waals surface area contributed by atoms with Gasteiger partial charge in [0.05, 0.1) is 15.5 Å². The molecule has 11 nitrogen and oxygen atoms in total. The largest absolute Gasteiger partial charge is 0.424 e. The van der Waals surface area contributed by atoms with Gasteiger partial charge in [0.15, 0.2) is 31.2 Å². The zero-order valence-corrected chi connectivity index (χ0v) is 16.7. The average Bonchev–Trinajstić information content (AvgIpc) is 3.11. The van der Waals surface area contributed by atoms with Crippen LogP contribution < -0.4 is 5.56 Å². The van der Waals surface area contributed by atoms with E-state index in [4.69, 9.17) is 4.84 Å². The number of hydrogen-bond donors (Lipinski definition) is 1. The number of nitrogens with zero attached hydrogens (tertiary/aromatic N) is 4. The van der Waals surface area contributed by atoms with Crippen molar-refractivity contribution in [3.63, 3.8) is 0 Å². The lowest BCUT2D eigenvalue weighted by Gasteiger charge is -2.16. The first-order valence-electron chi connectivity index (χ1n) is 7.85. The predicted molar refractivity (Wildman–Crippen MR) is 97.0 cm³/mol. The van der Waals surface area contributed by atoms with Gasteiger partial charge in [0.25, 0.3) is 0 Å². The van der Waals surface area contributed by atoms with Gasteiger partial charge in [-0.3, -0.25) is 4.79 Å². The minimum absolute atomic E-state index is 0.101. The van der Waals surface area contributed by atoms with Gasteiger partial charge in [0, 0.05) is 30.1 Å². The minimum Gasteiger partial charge on any atom is -0.424 e. The first kappa shape index (κ1) is 19.9. The molecule has 1 aromatic heterocycles. The molecule has 1 aliphatic heterocycles. The van der Waals surface area contributed by atoms with Crippen LogP contribution in [0.2, 0.25) is 0 Å². The van der Waals surface area contributed by atoms with E-state index in [2.05, 4.69) is 15.4 Å². The molecule has 13 heteroatoms. The molecule has 0 aliphatic carbocycles. The van der Waals surface area contributed by atoms with E-state index in [1.165, 1.54) is 6.92 Å². The lowest BCUT2D eigenvalue weighted by Crippen LogP contribution is -2.26. The van der Waals surface area contributed by atoms with Crippen molar-refractivity contribution >= 4 is 25.4 Å². The van der Waals surface area contributed by atoms with Gasteiger partial charge in [0.1, 0.15) is 6.61 Å². The van der Waals surface area contributed by atoms with Gasteiger partial charge >= 0.3 is 5.56 Å². The molecule has 28 heavy (non-hydrogen) atoms. The summed E-state index contributed by atoms with van der Waals surface area (Å²) < 4.78 is 50.1. The zero-order chi connectivity index (χ0) is 20.9. The number of aryl methyl sites for hydroxylation is 1. The van der Waals surface area contributed by atoms with E-state index >= 15 is 0 Å². The second-order valence-corrected chi connectivity index (χ2v) is 10.1. The molecule has 1 N–H and O–H groups in total. The van der Waals surface area contributed by atoms with Gasteiger partial charge in [-0.15, -0.1) is 14.9 Å². The topological polar surface area (TPSA) is 158 Å². The van der Waals surface area contributed by atoms with Crippen LogP contribution in [-0.2, 0) is 24.5 Å². The van der Waals surface area contributed by atoms with Crippen LogP contribution in [0.1, 0.15) is 17.8 Å². The molecule has 0 atom stereocenters. The van der Waals surface area contributed by atoms with Crippen molar-refractivity contribution in [2.24, 2.45) is 5.16 Å². The van der Waals surface area contributed by atoms with Gasteiger partial charge < -0.3 is 10.0 Å². The summed E-state index contributed by atoms with van der Waals surface area (Å²) >= 11 is 0. The Morgan fingerprint density at radius 3 is 2.32 bits per heavy atom. The van der Waals surface area contributed by atoms with Crippen molar-refractivity contribution < 1.29 is 26.9 Å². The zero-order valence-electron chi connectivity index (χ0n) is 15.1. The lowest BCUT2D eigenvalue weighted by atomic mass is 10.0. The Balaban J connectivity index is 2.53. The van der Waals surface area contributed by atoms with E-state index in [-0.39, 0.29) is 45.3 Å². The summed E-state index contributed by atoms with van der Waals surface area (Å²) in [5.41, 5.74) is -1.70. The van der Waals surface area contributed by atoms with Crippen LogP contribution in [0, 0.1) is 6.92 Å². The van der Waals surface area contributed by atoms with Crippen LogP contribution in [0.15, 0.2) is 31.9 Å². The van der Waals surface area contributed by atoms with E-state index in [1.807, 2.05) is 0 Å². The van der Waals surface area contributed by atoms with Gasteiger partial charge in [-0.25, -0.2) is 16.8 Å². The SMILES string of the molecule is Cc1nnc(-c2ccc(S(C)(=O)=O)c(C3=NOCC3)c2S(C)(=O)=O)c(=O)n1O. The maximum Gasteiger partial charge on any atom is 0.313 e. The molecule has 1 aromatic carbocycles. The van der Waals surface area contributed by atoms with Crippen LogP contribution in [0.3, 0.4) is 0 Å². The summed E-state index contributed by atoms with van der Waals surface area (Å²) in [5.74, 6) is -0.101. The fourth-order valence-corrected chi connectivity index (χ4v) is 4.96. The summed E-state index contributed by atoms with van der Waals surface area (Å²) in [5, 5.41) is 20.9. The van der Waals surface area contributed by atoms with Gasteiger partial charge in [0.2, 0.25) is 0 Å². The molecule has 0 saturated heterocycles. The van der Waals surface area contributed by atoms with Crippen molar-refractivity contribution in [1.29, 1.82) is 0 Å². The number of aromatic nitrogens is 3. The molecule has 2 heterocycles. The molecule has 0 unspecified atom stereocenters. The standard InChI is InChI=1S/C15H16N4O7S2/c1-8-16-17-13(15(20)19(8)21)9-4-5-11(27(2,22)23)12(10-6-7-26-18-10)14(9)28(3,24)25/h4-5,21H,6-7H2,1-3H3. The molecular formula is C15H16N4O7S2. The Hall–Kier alpha value is -2.80. The van der Waals surface area contributed by atoms with Crippen LogP contribution in [0.25, 0.3) is 11.3 Å². The highest BCUT2D eigenvalue weighted by atomic mass is 32.2. The van der Waals surface area contributed by atoms with Crippen LogP contribution in [-0.4, -0.2) is 61.8 Å². The predicted octanol–water partition coefficient (Wildman–Crippen LogP) is -0.218. The monoisotopic (exact) mass is 428 g/mol. The van der Waals surface area contributed by atoms with Gasteiger partial charge in [-0.05, 0) is 19.1 Å². The second kappa shape index (κ2) is 6.67. The third kappa shape index (κ3) is 3.38. The summed E-state index contributed by atoms with van der Waals surface area (Å²) in [6, 6.07) is 2.31. The van der Waals surface area contributed by atoms with E-state index in [9.17, 15) is 26.8 Å². The van der Waals surface area contributed by atoms with Crippen molar-refractivity contribution in [2.45, 2.75) is 23.1 Å². The molecule has 1 aliphatic rings. The molecule has 2 aromatic rings. The maximum absolute atomic E-state index is 12.6. The minimum atomic E-state index is -4.07. The third-order valence-electron chi connectivity index (χ3n) is 4.03. The third-order valence-corrected chi connectivity index (χ3v) is 6.34. The molecule has 0 fully saturated rings. The summed E-state index contributed by atoms with van der Waals surface area (Å²) in [7, 11) is -7.92. The van der Waals surface area contributed by atoms with Crippen LogP contribution in [0.5, 0.6) is 0 Å². The Morgan fingerprint density at radius 2 is 1.79 bits per heavy atom. The molecule has 0 bridgehead atoms. The van der Waals surface area contributed by atoms with Crippen molar-refractivity contribution in [3.8, 4) is 11.3 Å². The normalized spacial score (nSPS) is 14.6. The number of rotatable bonds is 4. The summed E-state index contributed by atoms with van der Waals surface area (Å²) in [6.45, 7) is 1.48. The fourth-order valence-electron chi connectivity index (χ4n) is 2.82. The summed E-state index contributed by atoms with van der Waals surface area (Å²) in [4.78, 5) is 16.6. The Kier molecular flexibility index (Phi) is 4.75. The maximum atomic E-state index is 12.6. The molecule has 0 radical (unpaired) electrons. The van der Waals surface area contributed by atoms with E-state index in [0.717, 1.165) is 24.6 Å². The Bertz CT molecular complexity index is 1280. The molecule has 3 rings (SSSR count).